The van der Waals surface area contributed by atoms with E-state index in [0.29, 0.717) is 11.7 Å². The molecule has 1 aliphatic carbocycles. The van der Waals surface area contributed by atoms with E-state index in [1.165, 1.54) is 19.3 Å². The largest absolute Gasteiger partial charge is 0.397 e. The van der Waals surface area contributed by atoms with Gasteiger partial charge in [0.25, 0.3) is 0 Å². The van der Waals surface area contributed by atoms with Crippen LogP contribution in [0.2, 0.25) is 0 Å². The zero-order valence-electron chi connectivity index (χ0n) is 9.00. The molecule has 16 heavy (non-hydrogen) atoms. The van der Waals surface area contributed by atoms with Crippen LogP contribution in [0, 0.1) is 0 Å². The van der Waals surface area contributed by atoms with Crippen LogP contribution in [0.25, 0.3) is 11.3 Å². The number of nitrogens with two attached hydrogens (primary N) is 1. The molecule has 0 aliphatic heterocycles. The number of nitrogen functional groups attached to an aromatic ring is 1. The normalized spacial score (nSPS) is 16.0. The quantitative estimate of drug-likeness (QED) is 0.834. The summed E-state index contributed by atoms with van der Waals surface area (Å²) in [6, 6.07) is 4.52. The van der Waals surface area contributed by atoms with Crippen LogP contribution in [-0.4, -0.2) is 14.8 Å². The summed E-state index contributed by atoms with van der Waals surface area (Å²) in [5.74, 6) is 0. The third-order valence-electron chi connectivity index (χ3n) is 3.22. The first kappa shape index (κ1) is 9.39. The van der Waals surface area contributed by atoms with Crippen LogP contribution in [0.3, 0.4) is 0 Å². The van der Waals surface area contributed by atoms with Crippen LogP contribution in [-0.2, 0) is 0 Å². The van der Waals surface area contributed by atoms with E-state index in [-0.39, 0.29) is 0 Å². The maximum Gasteiger partial charge on any atom is 0.0707 e. The molecule has 0 atom stereocenters. The van der Waals surface area contributed by atoms with Crippen LogP contribution in [0.5, 0.6) is 0 Å². The summed E-state index contributed by atoms with van der Waals surface area (Å²) in [4.78, 5) is 4.01. The maximum absolute atomic E-state index is 5.94. The topological polar surface area (TPSA) is 56.7 Å². The SMILES string of the molecule is Nc1cnccc1-c1ccnn1C1CCC1. The molecule has 1 fully saturated rings. The van der Waals surface area contributed by atoms with Gasteiger partial charge in [-0.25, -0.2) is 0 Å². The fourth-order valence-electron chi connectivity index (χ4n) is 2.09. The first-order valence-electron chi connectivity index (χ1n) is 5.59. The molecule has 2 aromatic heterocycles. The van der Waals surface area contributed by atoms with Gasteiger partial charge in [0.15, 0.2) is 0 Å². The molecule has 0 radical (unpaired) electrons. The van der Waals surface area contributed by atoms with Gasteiger partial charge in [-0.15, -0.1) is 0 Å². The molecule has 0 spiro atoms. The van der Waals surface area contributed by atoms with Gasteiger partial charge in [0, 0.05) is 18.0 Å². The lowest BCUT2D eigenvalue weighted by atomic mass is 9.93. The van der Waals surface area contributed by atoms with Crippen molar-refractivity contribution in [3.8, 4) is 11.3 Å². The fourth-order valence-corrected chi connectivity index (χ4v) is 2.09. The Morgan fingerprint density at radius 2 is 2.12 bits per heavy atom. The summed E-state index contributed by atoms with van der Waals surface area (Å²) in [7, 11) is 0. The van der Waals surface area contributed by atoms with E-state index in [0.717, 1.165) is 11.3 Å². The third-order valence-corrected chi connectivity index (χ3v) is 3.22. The van der Waals surface area contributed by atoms with E-state index in [2.05, 4.69) is 14.8 Å². The molecule has 4 nitrogen and oxygen atoms in total. The minimum absolute atomic E-state index is 0.553. The molecule has 0 bridgehead atoms. The molecule has 3 rings (SSSR count). The van der Waals surface area contributed by atoms with Gasteiger partial charge in [-0.3, -0.25) is 9.67 Å². The maximum atomic E-state index is 5.94. The second-order valence-electron chi connectivity index (χ2n) is 4.21. The van der Waals surface area contributed by atoms with Crippen LogP contribution in [0.15, 0.2) is 30.7 Å². The minimum atomic E-state index is 0.553. The van der Waals surface area contributed by atoms with Gasteiger partial charge in [0.05, 0.1) is 23.6 Å². The Bertz CT molecular complexity index is 499. The molecular formula is C12H14N4. The van der Waals surface area contributed by atoms with E-state index < -0.39 is 0 Å². The second-order valence-corrected chi connectivity index (χ2v) is 4.21. The lowest BCUT2D eigenvalue weighted by Crippen LogP contribution is -2.19. The summed E-state index contributed by atoms with van der Waals surface area (Å²) in [5, 5.41) is 4.40. The molecule has 1 aliphatic rings. The van der Waals surface area contributed by atoms with Crippen LogP contribution in [0.1, 0.15) is 25.3 Å². The zero-order valence-corrected chi connectivity index (χ0v) is 9.00. The van der Waals surface area contributed by atoms with Gasteiger partial charge < -0.3 is 5.73 Å². The van der Waals surface area contributed by atoms with Crippen LogP contribution >= 0.6 is 0 Å². The molecule has 0 aromatic carbocycles. The average molecular weight is 214 g/mol. The third kappa shape index (κ3) is 1.38. The summed E-state index contributed by atoms with van der Waals surface area (Å²) in [6.45, 7) is 0. The molecule has 0 amide bonds. The van der Waals surface area contributed by atoms with Crippen molar-refractivity contribution < 1.29 is 0 Å². The number of hydrogen-bond acceptors (Lipinski definition) is 3. The first-order chi connectivity index (χ1) is 7.86. The van der Waals surface area contributed by atoms with E-state index in [1.807, 2.05) is 18.3 Å². The lowest BCUT2D eigenvalue weighted by molar-refractivity contribution is 0.292. The number of rotatable bonds is 2. The second kappa shape index (κ2) is 3.63. The van der Waals surface area contributed by atoms with Crippen molar-refractivity contribution >= 4 is 5.69 Å². The summed E-state index contributed by atoms with van der Waals surface area (Å²) >= 11 is 0. The highest BCUT2D eigenvalue weighted by atomic mass is 15.3. The van der Waals surface area contributed by atoms with Crippen LogP contribution < -0.4 is 5.73 Å². The molecule has 82 valence electrons. The monoisotopic (exact) mass is 214 g/mol. The molecule has 2 heterocycles. The number of anilines is 1. The Labute approximate surface area is 94.1 Å². The molecule has 0 saturated heterocycles. The van der Waals surface area contributed by atoms with Gasteiger partial charge in [0.1, 0.15) is 0 Å². The lowest BCUT2D eigenvalue weighted by Gasteiger charge is -2.27. The number of hydrogen-bond donors (Lipinski definition) is 1. The van der Waals surface area contributed by atoms with Crippen LogP contribution in [0.4, 0.5) is 5.69 Å². The van der Waals surface area contributed by atoms with E-state index >= 15 is 0 Å². The average Bonchev–Trinajstić information content (AvgIpc) is 2.65. The Kier molecular flexibility index (Phi) is 2.13. The standard InChI is InChI=1S/C12H14N4/c13-11-8-14-6-4-10(11)12-5-7-15-16(12)9-2-1-3-9/h4-9H,1-3,13H2. The summed E-state index contributed by atoms with van der Waals surface area (Å²) in [5.41, 5.74) is 8.78. The molecular weight excluding hydrogens is 200 g/mol. The van der Waals surface area contributed by atoms with Gasteiger partial charge in [-0.05, 0) is 31.4 Å². The summed E-state index contributed by atoms with van der Waals surface area (Å²) in [6.07, 6.45) is 9.04. The van der Waals surface area contributed by atoms with Gasteiger partial charge in [-0.2, -0.15) is 5.10 Å². The molecule has 0 unspecified atom stereocenters. The highest BCUT2D eigenvalue weighted by Gasteiger charge is 2.22. The predicted octanol–water partition coefficient (Wildman–Crippen LogP) is 2.25. The van der Waals surface area contributed by atoms with Crippen molar-refractivity contribution in [3.05, 3.63) is 30.7 Å². The number of nitrogens with zero attached hydrogens (tertiary/aromatic N) is 3. The molecule has 2 N–H and O–H groups in total. The van der Waals surface area contributed by atoms with Crippen molar-refractivity contribution in [1.29, 1.82) is 0 Å². The number of aromatic nitrogens is 3. The Morgan fingerprint density at radius 3 is 2.81 bits per heavy atom. The molecule has 2 aromatic rings. The molecule has 1 saturated carbocycles. The van der Waals surface area contributed by atoms with E-state index in [1.54, 1.807) is 12.4 Å². The number of pyridine rings is 1. The highest BCUT2D eigenvalue weighted by molar-refractivity contribution is 5.72. The van der Waals surface area contributed by atoms with Gasteiger partial charge in [0.2, 0.25) is 0 Å². The van der Waals surface area contributed by atoms with E-state index in [4.69, 9.17) is 5.73 Å². The summed E-state index contributed by atoms with van der Waals surface area (Å²) < 4.78 is 2.09. The smallest absolute Gasteiger partial charge is 0.0707 e. The zero-order chi connectivity index (χ0) is 11.0. The van der Waals surface area contributed by atoms with E-state index in [9.17, 15) is 0 Å². The van der Waals surface area contributed by atoms with Gasteiger partial charge in [-0.1, -0.05) is 0 Å². The Morgan fingerprint density at radius 1 is 1.25 bits per heavy atom. The predicted molar refractivity (Wildman–Crippen MR) is 62.8 cm³/mol. The Balaban J connectivity index is 2.06. The van der Waals surface area contributed by atoms with Crippen molar-refractivity contribution in [2.24, 2.45) is 0 Å². The van der Waals surface area contributed by atoms with Gasteiger partial charge >= 0.3 is 0 Å². The minimum Gasteiger partial charge on any atom is -0.397 e. The molecule has 4 heteroatoms. The van der Waals surface area contributed by atoms with Crippen molar-refractivity contribution in [2.45, 2.75) is 25.3 Å². The van der Waals surface area contributed by atoms with Crippen molar-refractivity contribution in [1.82, 2.24) is 14.8 Å². The highest BCUT2D eigenvalue weighted by Crippen LogP contribution is 2.35. The van der Waals surface area contributed by atoms with Crippen molar-refractivity contribution in [2.75, 3.05) is 5.73 Å². The first-order valence-corrected chi connectivity index (χ1v) is 5.59. The van der Waals surface area contributed by atoms with Crippen molar-refractivity contribution in [3.63, 3.8) is 0 Å². The Hall–Kier alpha value is -1.84. The fraction of sp³-hybridized carbons (Fsp3) is 0.333.